The molecule has 0 radical (unpaired) electrons. The van der Waals surface area contributed by atoms with Crippen molar-refractivity contribution < 1.29 is 14.3 Å². The van der Waals surface area contributed by atoms with Crippen molar-refractivity contribution in [2.75, 3.05) is 0 Å². The highest BCUT2D eigenvalue weighted by Gasteiger charge is 2.28. The van der Waals surface area contributed by atoms with Gasteiger partial charge in [-0.1, -0.05) is 37.3 Å². The minimum atomic E-state index is -1.20. The molecule has 7 heteroatoms. The summed E-state index contributed by atoms with van der Waals surface area (Å²) in [6.07, 6.45) is 4.99. The minimum Gasteiger partial charge on any atom is -0.478 e. The van der Waals surface area contributed by atoms with Crippen LogP contribution >= 0.6 is 0 Å². The van der Waals surface area contributed by atoms with E-state index in [1.165, 1.54) is 4.57 Å². The molecule has 148 valence electrons. The smallest absolute Gasteiger partial charge is 0.340 e. The summed E-state index contributed by atoms with van der Waals surface area (Å²) in [5.74, 6) is -1.15. The number of rotatable bonds is 5. The van der Waals surface area contributed by atoms with E-state index >= 15 is 0 Å². The number of benzene rings is 1. The molecule has 0 spiro atoms. The number of carboxylic acid groups (broad SMARTS) is 1. The fourth-order valence-corrected chi connectivity index (χ4v) is 3.63. The Morgan fingerprint density at radius 2 is 1.97 bits per heavy atom. The molecule has 29 heavy (non-hydrogen) atoms. The summed E-state index contributed by atoms with van der Waals surface area (Å²) in [5.41, 5.74) is 2.10. The van der Waals surface area contributed by atoms with Crippen molar-refractivity contribution >= 4 is 16.9 Å². The molecule has 3 heterocycles. The van der Waals surface area contributed by atoms with Gasteiger partial charge in [-0.3, -0.25) is 9.48 Å². The summed E-state index contributed by atoms with van der Waals surface area (Å²) in [6, 6.07) is 9.82. The van der Waals surface area contributed by atoms with Crippen LogP contribution in [0.3, 0.4) is 0 Å². The van der Waals surface area contributed by atoms with E-state index in [-0.39, 0.29) is 22.6 Å². The Morgan fingerprint density at radius 1 is 1.24 bits per heavy atom. The third-order valence-corrected chi connectivity index (χ3v) is 5.24. The number of nitrogens with zero attached hydrogens (tertiary/aromatic N) is 3. The Kier molecular flexibility index (Phi) is 4.58. The van der Waals surface area contributed by atoms with Crippen molar-refractivity contribution in [1.29, 1.82) is 0 Å². The lowest BCUT2D eigenvalue weighted by molar-refractivity contribution is 0.0699. The van der Waals surface area contributed by atoms with Gasteiger partial charge in [0.25, 0.3) is 5.56 Å². The first kappa shape index (κ1) is 18.7. The van der Waals surface area contributed by atoms with Gasteiger partial charge in [0.15, 0.2) is 5.76 Å². The van der Waals surface area contributed by atoms with E-state index in [9.17, 15) is 14.7 Å². The second-order valence-electron chi connectivity index (χ2n) is 7.03. The van der Waals surface area contributed by atoms with E-state index in [4.69, 9.17) is 4.42 Å². The van der Waals surface area contributed by atoms with Gasteiger partial charge in [-0.25, -0.2) is 4.79 Å². The number of carboxylic acids is 1. The fourth-order valence-electron chi connectivity index (χ4n) is 3.63. The summed E-state index contributed by atoms with van der Waals surface area (Å²) in [5, 5.41) is 14.2. The predicted molar refractivity (Wildman–Crippen MR) is 109 cm³/mol. The van der Waals surface area contributed by atoms with Crippen molar-refractivity contribution in [3.63, 3.8) is 0 Å². The Labute approximate surface area is 166 Å². The van der Waals surface area contributed by atoms with E-state index in [0.29, 0.717) is 17.7 Å². The van der Waals surface area contributed by atoms with Crippen LogP contribution in [0.1, 0.15) is 41.3 Å². The fraction of sp³-hybridized carbons (Fsp3) is 0.227. The first-order valence-electron chi connectivity index (χ1n) is 9.39. The highest BCUT2D eigenvalue weighted by atomic mass is 16.4. The molecule has 7 nitrogen and oxygen atoms in total. The molecule has 4 aromatic rings. The number of hydrogen-bond donors (Lipinski definition) is 1. The Hall–Kier alpha value is -3.61. The zero-order valence-corrected chi connectivity index (χ0v) is 16.4. The third-order valence-electron chi connectivity index (χ3n) is 5.24. The maximum atomic E-state index is 12.9. The topological polar surface area (TPSA) is 90.3 Å². The van der Waals surface area contributed by atoms with E-state index in [1.807, 2.05) is 44.2 Å². The van der Waals surface area contributed by atoms with Gasteiger partial charge in [-0.05, 0) is 12.5 Å². The minimum absolute atomic E-state index is 0.0829. The van der Waals surface area contributed by atoms with E-state index < -0.39 is 11.5 Å². The Morgan fingerprint density at radius 3 is 2.59 bits per heavy atom. The standard InChI is InChI=1S/C22H21N3O4/c1-4-25-11-15(10-23-25)19-18(22(27)28)17-20(29-19)16(12-24(3)21(17)26)13(2)14-8-6-5-7-9-14/h5-13H,4H2,1-3H3,(H,27,28). The van der Waals surface area contributed by atoms with Crippen molar-refractivity contribution in [2.45, 2.75) is 26.3 Å². The molecule has 1 N–H and O–H groups in total. The second-order valence-corrected chi connectivity index (χ2v) is 7.03. The zero-order chi connectivity index (χ0) is 20.7. The SMILES string of the molecule is CCn1cc(-c2oc3c(C(C)c4ccccc4)cn(C)c(=O)c3c2C(=O)O)cn1. The number of hydrogen-bond acceptors (Lipinski definition) is 4. The molecule has 4 rings (SSSR count). The van der Waals surface area contributed by atoms with Gasteiger partial charge in [0.05, 0.1) is 11.8 Å². The average Bonchev–Trinajstić information content (AvgIpc) is 3.35. The van der Waals surface area contributed by atoms with Gasteiger partial charge in [-0.15, -0.1) is 0 Å². The third kappa shape index (κ3) is 3.04. The zero-order valence-electron chi connectivity index (χ0n) is 16.4. The molecule has 0 aliphatic heterocycles. The molecule has 0 saturated heterocycles. The number of fused-ring (bicyclic) bond motifs is 1. The summed E-state index contributed by atoms with van der Waals surface area (Å²) in [6.45, 7) is 4.58. The summed E-state index contributed by atoms with van der Waals surface area (Å²) in [7, 11) is 1.62. The lowest BCUT2D eigenvalue weighted by Gasteiger charge is -2.14. The van der Waals surface area contributed by atoms with Crippen molar-refractivity contribution in [3.8, 4) is 11.3 Å². The van der Waals surface area contributed by atoms with Crippen LogP contribution in [0.2, 0.25) is 0 Å². The number of pyridine rings is 1. The Balaban J connectivity index is 2.05. The largest absolute Gasteiger partial charge is 0.478 e. The van der Waals surface area contributed by atoms with E-state index in [1.54, 1.807) is 30.3 Å². The van der Waals surface area contributed by atoms with Crippen LogP contribution in [0.4, 0.5) is 0 Å². The molecule has 0 amide bonds. The van der Waals surface area contributed by atoms with Crippen LogP contribution in [0.25, 0.3) is 22.3 Å². The number of aromatic carboxylic acids is 1. The van der Waals surface area contributed by atoms with Crippen LogP contribution in [0.15, 0.2) is 58.1 Å². The molecule has 1 atom stereocenters. The van der Waals surface area contributed by atoms with Gasteiger partial charge in [0.2, 0.25) is 0 Å². The monoisotopic (exact) mass is 391 g/mol. The molecular weight excluding hydrogens is 370 g/mol. The van der Waals surface area contributed by atoms with Crippen molar-refractivity contribution in [1.82, 2.24) is 14.3 Å². The number of aromatic nitrogens is 3. The molecule has 1 unspecified atom stereocenters. The number of carbonyl (C=O) groups is 1. The van der Waals surface area contributed by atoms with Crippen LogP contribution in [-0.2, 0) is 13.6 Å². The van der Waals surface area contributed by atoms with Crippen LogP contribution in [0, 0.1) is 0 Å². The molecule has 0 fully saturated rings. The molecule has 1 aromatic carbocycles. The molecular formula is C22H21N3O4. The molecule has 0 bridgehead atoms. The molecule has 0 aliphatic carbocycles. The lowest BCUT2D eigenvalue weighted by Crippen LogP contribution is -2.19. The maximum Gasteiger partial charge on any atom is 0.340 e. The molecule has 0 aliphatic rings. The highest BCUT2D eigenvalue weighted by Crippen LogP contribution is 2.37. The molecule has 0 saturated carbocycles. The summed E-state index contributed by atoms with van der Waals surface area (Å²) >= 11 is 0. The van der Waals surface area contributed by atoms with Crippen LogP contribution in [0.5, 0.6) is 0 Å². The van der Waals surface area contributed by atoms with Crippen LogP contribution in [-0.4, -0.2) is 25.4 Å². The van der Waals surface area contributed by atoms with Crippen molar-refractivity contribution in [2.24, 2.45) is 7.05 Å². The maximum absolute atomic E-state index is 12.9. The van der Waals surface area contributed by atoms with Gasteiger partial charge in [-0.2, -0.15) is 5.10 Å². The quantitative estimate of drug-likeness (QED) is 0.558. The van der Waals surface area contributed by atoms with E-state index in [0.717, 1.165) is 11.1 Å². The van der Waals surface area contributed by atoms with Gasteiger partial charge < -0.3 is 14.1 Å². The predicted octanol–water partition coefficient (Wildman–Crippen LogP) is 3.86. The molecule has 3 aromatic heterocycles. The summed E-state index contributed by atoms with van der Waals surface area (Å²) in [4.78, 5) is 25.0. The normalized spacial score (nSPS) is 12.4. The van der Waals surface area contributed by atoms with Crippen molar-refractivity contribution in [3.05, 3.63) is 76.0 Å². The lowest BCUT2D eigenvalue weighted by atomic mass is 9.93. The second kappa shape index (κ2) is 7.09. The van der Waals surface area contributed by atoms with Gasteiger partial charge >= 0.3 is 5.97 Å². The average molecular weight is 391 g/mol. The first-order valence-corrected chi connectivity index (χ1v) is 9.39. The number of furan rings is 1. The first-order chi connectivity index (χ1) is 13.9. The summed E-state index contributed by atoms with van der Waals surface area (Å²) < 4.78 is 9.16. The Bertz CT molecular complexity index is 1260. The highest BCUT2D eigenvalue weighted by molar-refractivity contribution is 6.08. The van der Waals surface area contributed by atoms with Gasteiger partial charge in [0, 0.05) is 37.5 Å². The van der Waals surface area contributed by atoms with Crippen LogP contribution < -0.4 is 5.56 Å². The van der Waals surface area contributed by atoms with Gasteiger partial charge in [0.1, 0.15) is 16.5 Å². The number of aryl methyl sites for hydroxylation is 2. The van der Waals surface area contributed by atoms with E-state index in [2.05, 4.69) is 5.10 Å².